The number of hydrogen-bond donors (Lipinski definition) is 1. The first-order valence-electron chi connectivity index (χ1n) is 3.99. The second kappa shape index (κ2) is 3.93. The van der Waals surface area contributed by atoms with Crippen LogP contribution in [0, 0.1) is 0 Å². The van der Waals surface area contributed by atoms with Crippen molar-refractivity contribution in [3.8, 4) is 0 Å². The predicted molar refractivity (Wildman–Crippen MR) is 55.6 cm³/mol. The lowest BCUT2D eigenvalue weighted by molar-refractivity contribution is 0.0686. The maximum Gasteiger partial charge on any atom is 0.357 e. The number of nitrogens with zero attached hydrogens (tertiary/aromatic N) is 2. The molecule has 8 heteroatoms. The minimum atomic E-state index is -3.59. The number of aromatic carboxylic acids is 1. The second-order valence-corrected chi connectivity index (χ2v) is 5.71. The van der Waals surface area contributed by atoms with Crippen molar-refractivity contribution < 1.29 is 18.3 Å². The number of carbonyl (C=O) groups is 1. The van der Waals surface area contributed by atoms with E-state index in [1.165, 1.54) is 18.5 Å². The van der Waals surface area contributed by atoms with Gasteiger partial charge in [-0.2, -0.15) is 0 Å². The Morgan fingerprint density at radius 1 is 1.60 bits per heavy atom. The number of aromatic nitrogens is 2. The molecule has 1 N–H and O–H groups in total. The first-order chi connectivity index (χ1) is 6.81. The average molecular weight is 297 g/mol. The van der Waals surface area contributed by atoms with E-state index in [0.29, 0.717) is 0 Å². The molecule has 0 aliphatic rings. The van der Waals surface area contributed by atoms with Crippen molar-refractivity contribution in [2.24, 2.45) is 7.05 Å². The Bertz CT molecular complexity index is 505. The molecule has 1 aromatic heterocycles. The molecule has 0 saturated heterocycles. The average Bonchev–Trinajstić information content (AvgIpc) is 2.44. The van der Waals surface area contributed by atoms with Crippen LogP contribution in [0.5, 0.6) is 0 Å². The van der Waals surface area contributed by atoms with Crippen molar-refractivity contribution in [1.82, 2.24) is 9.55 Å². The number of carboxylic acid groups (broad SMARTS) is 1. The van der Waals surface area contributed by atoms with Crippen LogP contribution in [0.3, 0.4) is 0 Å². The fourth-order valence-corrected chi connectivity index (χ4v) is 2.77. The molecule has 0 aromatic carbocycles. The number of rotatable bonds is 3. The largest absolute Gasteiger partial charge is 0.476 e. The molecule has 0 saturated carbocycles. The molecule has 6 nitrogen and oxygen atoms in total. The van der Waals surface area contributed by atoms with Crippen LogP contribution in [0.25, 0.3) is 0 Å². The molecule has 0 fully saturated rings. The molecular formula is C7H9BrN2O4S. The number of carboxylic acids is 1. The van der Waals surface area contributed by atoms with Gasteiger partial charge < -0.3 is 9.67 Å². The molecule has 0 aliphatic carbocycles. The number of halogens is 1. The third-order valence-corrected chi connectivity index (χ3v) is 4.39. The Labute approximate surface area is 95.0 Å². The molecule has 84 valence electrons. The van der Waals surface area contributed by atoms with Gasteiger partial charge in [0.1, 0.15) is 0 Å². The predicted octanol–water partition coefficient (Wildman–Crippen LogP) is 0.674. The second-order valence-electron chi connectivity index (χ2n) is 2.80. The van der Waals surface area contributed by atoms with E-state index in [9.17, 15) is 13.2 Å². The van der Waals surface area contributed by atoms with Gasteiger partial charge in [-0.1, -0.05) is 6.92 Å². The van der Waals surface area contributed by atoms with Crippen LogP contribution < -0.4 is 0 Å². The summed E-state index contributed by atoms with van der Waals surface area (Å²) in [7, 11) is -2.16. The summed E-state index contributed by atoms with van der Waals surface area (Å²) >= 11 is 2.98. The minimum absolute atomic E-state index is 0.167. The van der Waals surface area contributed by atoms with Crippen LogP contribution in [0.4, 0.5) is 0 Å². The van der Waals surface area contributed by atoms with Crippen molar-refractivity contribution in [1.29, 1.82) is 0 Å². The van der Waals surface area contributed by atoms with Crippen molar-refractivity contribution in [3.05, 3.63) is 10.4 Å². The molecule has 0 bridgehead atoms. The van der Waals surface area contributed by atoms with E-state index in [1.54, 1.807) is 0 Å². The van der Waals surface area contributed by atoms with Crippen LogP contribution in [-0.4, -0.2) is 34.8 Å². The van der Waals surface area contributed by atoms with Crippen LogP contribution in [0.15, 0.2) is 9.76 Å². The summed E-state index contributed by atoms with van der Waals surface area (Å²) in [5.41, 5.74) is -0.453. The maximum atomic E-state index is 11.6. The minimum Gasteiger partial charge on any atom is -0.476 e. The van der Waals surface area contributed by atoms with E-state index in [0.717, 1.165) is 0 Å². The number of hydrogen-bond acceptors (Lipinski definition) is 4. The third kappa shape index (κ3) is 2.05. The summed E-state index contributed by atoms with van der Waals surface area (Å²) in [6.07, 6.45) is 0. The SMILES string of the molecule is CCS(=O)(=O)c1c(C(=O)O)nc(Br)n1C. The smallest absolute Gasteiger partial charge is 0.357 e. The zero-order valence-electron chi connectivity index (χ0n) is 8.06. The van der Waals surface area contributed by atoms with Crippen molar-refractivity contribution in [3.63, 3.8) is 0 Å². The molecule has 0 amide bonds. The molecule has 1 aromatic rings. The van der Waals surface area contributed by atoms with Gasteiger partial charge in [0.25, 0.3) is 0 Å². The summed E-state index contributed by atoms with van der Waals surface area (Å²) in [4.78, 5) is 14.4. The van der Waals surface area contributed by atoms with Gasteiger partial charge in [-0.15, -0.1) is 0 Å². The Hall–Kier alpha value is -0.890. The van der Waals surface area contributed by atoms with Crippen LogP contribution in [0.2, 0.25) is 0 Å². The molecule has 0 atom stereocenters. The zero-order valence-corrected chi connectivity index (χ0v) is 10.5. The lowest BCUT2D eigenvalue weighted by Gasteiger charge is -2.03. The van der Waals surface area contributed by atoms with Gasteiger partial charge in [-0.05, 0) is 15.9 Å². The van der Waals surface area contributed by atoms with E-state index >= 15 is 0 Å². The van der Waals surface area contributed by atoms with Crippen molar-refractivity contribution in [2.45, 2.75) is 11.9 Å². The topological polar surface area (TPSA) is 89.3 Å². The molecular weight excluding hydrogens is 288 g/mol. The molecule has 0 spiro atoms. The van der Waals surface area contributed by atoms with Gasteiger partial charge in [-0.25, -0.2) is 18.2 Å². The lowest BCUT2D eigenvalue weighted by Crippen LogP contribution is -2.13. The summed E-state index contributed by atoms with van der Waals surface area (Å²) in [5.74, 6) is -1.53. The monoisotopic (exact) mass is 296 g/mol. The maximum absolute atomic E-state index is 11.6. The third-order valence-electron chi connectivity index (χ3n) is 1.87. The van der Waals surface area contributed by atoms with Gasteiger partial charge in [0, 0.05) is 7.05 Å². The fraction of sp³-hybridized carbons (Fsp3) is 0.429. The van der Waals surface area contributed by atoms with E-state index in [-0.39, 0.29) is 15.5 Å². The standard InChI is InChI=1S/C7H9BrN2O4S/c1-3-15(13,14)5-4(6(11)12)9-7(8)10(5)2/h3H2,1-2H3,(H,11,12). The van der Waals surface area contributed by atoms with Crippen LogP contribution in [0.1, 0.15) is 17.4 Å². The van der Waals surface area contributed by atoms with Gasteiger partial charge in [0.15, 0.2) is 25.3 Å². The Balaban J connectivity index is 3.59. The van der Waals surface area contributed by atoms with Gasteiger partial charge in [0.05, 0.1) is 5.75 Å². The molecule has 0 unspecified atom stereocenters. The highest BCUT2D eigenvalue weighted by atomic mass is 79.9. The first-order valence-corrected chi connectivity index (χ1v) is 6.44. The number of sulfone groups is 1. The molecule has 1 rings (SSSR count). The van der Waals surface area contributed by atoms with Gasteiger partial charge in [-0.3, -0.25) is 0 Å². The van der Waals surface area contributed by atoms with Crippen molar-refractivity contribution >= 4 is 31.7 Å². The van der Waals surface area contributed by atoms with Gasteiger partial charge >= 0.3 is 5.97 Å². The van der Waals surface area contributed by atoms with Crippen LogP contribution in [-0.2, 0) is 16.9 Å². The summed E-state index contributed by atoms with van der Waals surface area (Å²) in [6.45, 7) is 1.45. The van der Waals surface area contributed by atoms with E-state index in [4.69, 9.17) is 5.11 Å². The van der Waals surface area contributed by atoms with Crippen LogP contribution >= 0.6 is 15.9 Å². The van der Waals surface area contributed by atoms with E-state index in [2.05, 4.69) is 20.9 Å². The van der Waals surface area contributed by atoms with E-state index < -0.39 is 21.5 Å². The highest BCUT2D eigenvalue weighted by molar-refractivity contribution is 9.10. The zero-order chi connectivity index (χ0) is 11.8. The van der Waals surface area contributed by atoms with Gasteiger partial charge in [0.2, 0.25) is 0 Å². The quantitative estimate of drug-likeness (QED) is 0.886. The Kier molecular flexibility index (Phi) is 3.19. The molecule has 0 aliphatic heterocycles. The highest BCUT2D eigenvalue weighted by Gasteiger charge is 2.28. The van der Waals surface area contributed by atoms with Crippen molar-refractivity contribution in [2.75, 3.05) is 5.75 Å². The molecule has 15 heavy (non-hydrogen) atoms. The Morgan fingerprint density at radius 3 is 2.53 bits per heavy atom. The normalized spacial score (nSPS) is 11.7. The molecule has 1 heterocycles. The van der Waals surface area contributed by atoms with E-state index in [1.807, 2.05) is 0 Å². The highest BCUT2D eigenvalue weighted by Crippen LogP contribution is 2.21. The molecule has 0 radical (unpaired) electrons. The Morgan fingerprint density at radius 2 is 2.13 bits per heavy atom. The summed E-state index contributed by atoms with van der Waals surface area (Å²) in [6, 6.07) is 0. The summed E-state index contributed by atoms with van der Waals surface area (Å²) < 4.78 is 24.6. The lowest BCUT2D eigenvalue weighted by atomic mass is 10.5. The summed E-state index contributed by atoms with van der Waals surface area (Å²) in [5, 5.41) is 8.53. The number of imidazole rings is 1. The fourth-order valence-electron chi connectivity index (χ4n) is 1.09. The first kappa shape index (κ1) is 12.2.